The first-order valence-corrected chi connectivity index (χ1v) is 9.36. The van der Waals surface area contributed by atoms with Gasteiger partial charge in [-0.2, -0.15) is 0 Å². The van der Waals surface area contributed by atoms with Gasteiger partial charge in [-0.1, -0.05) is 6.92 Å². The lowest BCUT2D eigenvalue weighted by molar-refractivity contribution is -0.157. The molecule has 0 bridgehead atoms. The number of fused-ring (bicyclic) bond motifs is 1. The van der Waals surface area contributed by atoms with Gasteiger partial charge >= 0.3 is 11.9 Å². The van der Waals surface area contributed by atoms with Crippen LogP contribution in [0.2, 0.25) is 0 Å². The number of Topliss-reactive ketones (excluding diaryl/α,β-unsaturated/α-hetero) is 1. The molecule has 2 aliphatic carbocycles. The normalized spacial score (nSPS) is 29.9. The van der Waals surface area contributed by atoms with Crippen molar-refractivity contribution in [2.75, 3.05) is 7.11 Å². The highest BCUT2D eigenvalue weighted by Gasteiger charge is 2.54. The molecule has 6 nitrogen and oxygen atoms in total. The monoisotopic (exact) mass is 374 g/mol. The molecule has 1 fully saturated rings. The number of methoxy groups -OCH3 is 1. The third-order valence-corrected chi connectivity index (χ3v) is 6.29. The summed E-state index contributed by atoms with van der Waals surface area (Å²) in [5.74, 6) is -0.938. The summed E-state index contributed by atoms with van der Waals surface area (Å²) in [6.07, 6.45) is 2.11. The first kappa shape index (κ1) is 19.4. The van der Waals surface area contributed by atoms with Gasteiger partial charge < -0.3 is 14.6 Å². The predicted octanol–water partition coefficient (Wildman–Crippen LogP) is 3.26. The fourth-order valence-electron chi connectivity index (χ4n) is 5.02. The third-order valence-electron chi connectivity index (χ3n) is 6.29. The highest BCUT2D eigenvalue weighted by Crippen LogP contribution is 2.53. The van der Waals surface area contributed by atoms with Crippen LogP contribution in [0.3, 0.4) is 0 Å². The number of aryl methyl sites for hydroxylation is 1. The van der Waals surface area contributed by atoms with E-state index in [-0.39, 0.29) is 24.0 Å². The van der Waals surface area contributed by atoms with Crippen molar-refractivity contribution in [2.24, 2.45) is 17.3 Å². The average Bonchev–Trinajstić information content (AvgIpc) is 2.89. The zero-order chi connectivity index (χ0) is 19.8. The molecule has 0 amide bonds. The van der Waals surface area contributed by atoms with Crippen molar-refractivity contribution >= 4 is 17.7 Å². The second-order valence-electron chi connectivity index (χ2n) is 7.89. The summed E-state index contributed by atoms with van der Waals surface area (Å²) in [6.45, 7) is 3.19. The molecule has 146 valence electrons. The lowest BCUT2D eigenvalue weighted by atomic mass is 9.65. The summed E-state index contributed by atoms with van der Waals surface area (Å²) in [4.78, 5) is 36.2. The Morgan fingerprint density at radius 3 is 2.63 bits per heavy atom. The zero-order valence-corrected chi connectivity index (χ0v) is 16.0. The number of ether oxygens (including phenoxy) is 2. The first-order chi connectivity index (χ1) is 12.8. The van der Waals surface area contributed by atoms with E-state index in [9.17, 15) is 19.5 Å². The number of carbonyl (C=O) groups is 3. The van der Waals surface area contributed by atoms with Crippen LogP contribution in [-0.4, -0.2) is 36.0 Å². The first-order valence-electron chi connectivity index (χ1n) is 9.36. The molecule has 3 rings (SSSR count). The topological polar surface area (TPSA) is 89.9 Å². The van der Waals surface area contributed by atoms with E-state index in [1.54, 1.807) is 19.2 Å². The summed E-state index contributed by atoms with van der Waals surface area (Å²) in [7, 11) is 1.60. The van der Waals surface area contributed by atoms with Crippen molar-refractivity contribution in [1.82, 2.24) is 0 Å². The molecule has 6 heteroatoms. The smallest absolute Gasteiger partial charge is 0.304 e. The second kappa shape index (κ2) is 7.33. The Hall–Kier alpha value is -2.37. The summed E-state index contributed by atoms with van der Waals surface area (Å²) in [6, 6.07) is 5.48. The number of carboxylic acids is 1. The van der Waals surface area contributed by atoms with Crippen LogP contribution in [-0.2, 0) is 20.7 Å². The molecular formula is C21H26O6. The van der Waals surface area contributed by atoms with Crippen LogP contribution in [0, 0.1) is 17.3 Å². The van der Waals surface area contributed by atoms with E-state index < -0.39 is 23.5 Å². The van der Waals surface area contributed by atoms with Crippen LogP contribution in [0.25, 0.3) is 0 Å². The Bertz CT molecular complexity index is 770. The number of rotatable bonds is 5. The molecule has 0 radical (unpaired) electrons. The number of esters is 1. The number of carbonyl (C=O) groups excluding carboxylic acids is 2. The Labute approximate surface area is 158 Å². The summed E-state index contributed by atoms with van der Waals surface area (Å²) < 4.78 is 10.7. The van der Waals surface area contributed by atoms with E-state index in [0.717, 1.165) is 17.7 Å². The molecule has 0 aromatic heterocycles. The molecule has 1 saturated carbocycles. The number of benzene rings is 1. The van der Waals surface area contributed by atoms with Gasteiger partial charge in [-0.05, 0) is 55.4 Å². The van der Waals surface area contributed by atoms with Crippen LogP contribution < -0.4 is 4.74 Å². The van der Waals surface area contributed by atoms with Crippen LogP contribution in [0.15, 0.2) is 18.2 Å². The van der Waals surface area contributed by atoms with Gasteiger partial charge in [0.1, 0.15) is 11.9 Å². The maximum Gasteiger partial charge on any atom is 0.304 e. The Kier molecular flexibility index (Phi) is 5.27. The second-order valence-corrected chi connectivity index (χ2v) is 7.89. The van der Waals surface area contributed by atoms with Gasteiger partial charge in [-0.3, -0.25) is 14.4 Å². The Morgan fingerprint density at radius 2 is 2.00 bits per heavy atom. The highest BCUT2D eigenvalue weighted by atomic mass is 16.5. The molecule has 0 saturated heterocycles. The summed E-state index contributed by atoms with van der Waals surface area (Å²) >= 11 is 0. The van der Waals surface area contributed by atoms with Crippen molar-refractivity contribution in [3.05, 3.63) is 29.3 Å². The molecule has 4 atom stereocenters. The molecule has 0 heterocycles. The van der Waals surface area contributed by atoms with Gasteiger partial charge in [0.25, 0.3) is 0 Å². The van der Waals surface area contributed by atoms with E-state index in [0.29, 0.717) is 24.8 Å². The molecule has 1 N–H and O–H groups in total. The van der Waals surface area contributed by atoms with Crippen molar-refractivity contribution in [1.29, 1.82) is 0 Å². The Morgan fingerprint density at radius 1 is 1.26 bits per heavy atom. The standard InChI is InChI=1S/C21H26O6/c1-12(22)27-18-9-8-17(21(18,2)11-19(23)24)16-6-4-13-10-14(26-3)5-7-15(13)20(16)25/h5,7,10,16-18H,4,6,8-9,11H2,1-3H3,(H,23,24)/t16-,17-,18-,21-/m0/s1. The van der Waals surface area contributed by atoms with E-state index in [1.807, 2.05) is 13.0 Å². The fourth-order valence-corrected chi connectivity index (χ4v) is 5.02. The van der Waals surface area contributed by atoms with E-state index in [1.165, 1.54) is 6.92 Å². The van der Waals surface area contributed by atoms with E-state index in [4.69, 9.17) is 9.47 Å². The van der Waals surface area contributed by atoms with Gasteiger partial charge in [-0.15, -0.1) is 0 Å². The fraction of sp³-hybridized carbons (Fsp3) is 0.571. The lowest BCUT2D eigenvalue weighted by Gasteiger charge is -2.40. The number of ketones is 1. The third kappa shape index (κ3) is 3.57. The molecule has 27 heavy (non-hydrogen) atoms. The van der Waals surface area contributed by atoms with Gasteiger partial charge in [0.15, 0.2) is 5.78 Å². The summed E-state index contributed by atoms with van der Waals surface area (Å²) in [5, 5.41) is 9.45. The van der Waals surface area contributed by atoms with Crippen molar-refractivity contribution in [3.8, 4) is 5.75 Å². The minimum Gasteiger partial charge on any atom is -0.497 e. The van der Waals surface area contributed by atoms with Crippen LogP contribution >= 0.6 is 0 Å². The maximum atomic E-state index is 13.2. The van der Waals surface area contributed by atoms with E-state index >= 15 is 0 Å². The van der Waals surface area contributed by atoms with Crippen LogP contribution in [0.4, 0.5) is 0 Å². The largest absolute Gasteiger partial charge is 0.497 e. The zero-order valence-electron chi connectivity index (χ0n) is 16.0. The van der Waals surface area contributed by atoms with Crippen molar-refractivity contribution in [2.45, 2.75) is 52.1 Å². The number of carboxylic acid groups (broad SMARTS) is 1. The van der Waals surface area contributed by atoms with Crippen molar-refractivity contribution < 1.29 is 29.0 Å². The molecule has 0 unspecified atom stereocenters. The molecular weight excluding hydrogens is 348 g/mol. The minimum atomic E-state index is -0.935. The van der Waals surface area contributed by atoms with Crippen LogP contribution in [0.5, 0.6) is 5.75 Å². The van der Waals surface area contributed by atoms with Gasteiger partial charge in [0, 0.05) is 23.8 Å². The van der Waals surface area contributed by atoms with Gasteiger partial charge in [0.05, 0.1) is 13.5 Å². The number of hydrogen-bond acceptors (Lipinski definition) is 5. The maximum absolute atomic E-state index is 13.2. The predicted molar refractivity (Wildman–Crippen MR) is 97.8 cm³/mol. The van der Waals surface area contributed by atoms with Gasteiger partial charge in [-0.25, -0.2) is 0 Å². The quantitative estimate of drug-likeness (QED) is 0.796. The van der Waals surface area contributed by atoms with E-state index in [2.05, 4.69) is 0 Å². The average molecular weight is 374 g/mol. The molecule has 1 aromatic carbocycles. The lowest BCUT2D eigenvalue weighted by Crippen LogP contribution is -2.43. The van der Waals surface area contributed by atoms with Crippen molar-refractivity contribution in [3.63, 3.8) is 0 Å². The molecule has 2 aliphatic rings. The minimum absolute atomic E-state index is 0.0593. The number of aliphatic carboxylic acids is 1. The summed E-state index contributed by atoms with van der Waals surface area (Å²) in [5.41, 5.74) is 0.924. The van der Waals surface area contributed by atoms with Gasteiger partial charge in [0.2, 0.25) is 0 Å². The SMILES string of the molecule is COc1ccc2c(c1)CC[C@@H]([C@@H]1CC[C@H](OC(C)=O)[C@@]1(C)CC(=O)O)C2=O. The van der Waals surface area contributed by atoms with Crippen LogP contribution in [0.1, 0.15) is 55.5 Å². The Balaban J connectivity index is 1.90. The molecule has 1 aromatic rings. The number of hydrogen-bond donors (Lipinski definition) is 1. The molecule has 0 spiro atoms. The highest BCUT2D eigenvalue weighted by molar-refractivity contribution is 6.00. The molecule has 0 aliphatic heterocycles.